The van der Waals surface area contributed by atoms with Crippen LogP contribution in [0.3, 0.4) is 0 Å². The van der Waals surface area contributed by atoms with Crippen molar-refractivity contribution in [2.45, 2.75) is 38.8 Å². The highest BCUT2D eigenvalue weighted by atomic mass is 19.1. The van der Waals surface area contributed by atoms with E-state index in [2.05, 4.69) is 10.6 Å². The zero-order valence-corrected chi connectivity index (χ0v) is 14.0. The summed E-state index contributed by atoms with van der Waals surface area (Å²) < 4.78 is 18.7. The highest BCUT2D eigenvalue weighted by Gasteiger charge is 2.31. The number of benzene rings is 1. The second-order valence-corrected chi connectivity index (χ2v) is 6.06. The number of nitrogens with one attached hydrogen (secondary N) is 2. The minimum atomic E-state index is -0.391. The van der Waals surface area contributed by atoms with Crippen LogP contribution in [0.5, 0.6) is 0 Å². The molecule has 3 amide bonds. The van der Waals surface area contributed by atoms with Crippen molar-refractivity contribution in [3.63, 3.8) is 0 Å². The first-order valence-corrected chi connectivity index (χ1v) is 8.17. The number of hydrogen-bond donors (Lipinski definition) is 2. The van der Waals surface area contributed by atoms with Gasteiger partial charge in [0.2, 0.25) is 5.91 Å². The maximum absolute atomic E-state index is 13.3. The average Bonchev–Trinajstić information content (AvgIpc) is 2.87. The fourth-order valence-electron chi connectivity index (χ4n) is 2.53. The van der Waals surface area contributed by atoms with Gasteiger partial charge in [-0.25, -0.2) is 9.18 Å². The van der Waals surface area contributed by atoms with Gasteiger partial charge in [-0.2, -0.15) is 0 Å². The molecular weight excluding hydrogens is 313 g/mol. The van der Waals surface area contributed by atoms with Gasteiger partial charge in [-0.3, -0.25) is 4.79 Å². The lowest BCUT2D eigenvalue weighted by atomic mass is 10.2. The van der Waals surface area contributed by atoms with Crippen LogP contribution in [-0.4, -0.2) is 43.8 Å². The van der Waals surface area contributed by atoms with Gasteiger partial charge >= 0.3 is 6.03 Å². The van der Waals surface area contributed by atoms with E-state index in [4.69, 9.17) is 4.74 Å². The predicted octanol–water partition coefficient (Wildman–Crippen LogP) is 2.05. The molecule has 1 aromatic carbocycles. The molecule has 1 atom stereocenters. The standard InChI is InChI=1S/C17H24FN3O3/c1-12(2)24-8-4-7-19-17(23)20-14-10-16(22)21(11-14)15-6-3-5-13(18)9-15/h3,5-6,9,12,14H,4,7-8,10-11H2,1-2H3,(H2,19,20,23)/t14-/m1/s1. The molecule has 1 aliphatic rings. The van der Waals surface area contributed by atoms with Crippen LogP contribution >= 0.6 is 0 Å². The Labute approximate surface area is 141 Å². The van der Waals surface area contributed by atoms with Crippen LogP contribution in [0, 0.1) is 5.82 Å². The molecule has 1 aliphatic heterocycles. The van der Waals surface area contributed by atoms with Crippen LogP contribution in [0.2, 0.25) is 0 Å². The summed E-state index contributed by atoms with van der Waals surface area (Å²) in [5.41, 5.74) is 0.510. The Hall–Kier alpha value is -2.15. The van der Waals surface area contributed by atoms with Crippen LogP contribution in [-0.2, 0) is 9.53 Å². The third-order valence-corrected chi connectivity index (χ3v) is 3.64. The molecule has 0 unspecified atom stereocenters. The molecule has 2 N–H and O–H groups in total. The van der Waals surface area contributed by atoms with Gasteiger partial charge in [-0.05, 0) is 38.5 Å². The second-order valence-electron chi connectivity index (χ2n) is 6.06. The fraction of sp³-hybridized carbons (Fsp3) is 0.529. The molecule has 0 aromatic heterocycles. The zero-order chi connectivity index (χ0) is 17.5. The lowest BCUT2D eigenvalue weighted by Crippen LogP contribution is -2.43. The summed E-state index contributed by atoms with van der Waals surface area (Å²) in [6.45, 7) is 5.36. The number of carbonyl (C=O) groups excluding carboxylic acids is 2. The minimum Gasteiger partial charge on any atom is -0.379 e. The number of ether oxygens (including phenoxy) is 1. The van der Waals surface area contributed by atoms with Gasteiger partial charge in [-0.15, -0.1) is 0 Å². The molecule has 0 bridgehead atoms. The molecule has 7 heteroatoms. The van der Waals surface area contributed by atoms with Gasteiger partial charge in [0, 0.05) is 31.8 Å². The van der Waals surface area contributed by atoms with Crippen molar-refractivity contribution in [2.24, 2.45) is 0 Å². The normalized spacial score (nSPS) is 17.4. The van der Waals surface area contributed by atoms with E-state index in [1.807, 2.05) is 13.8 Å². The minimum absolute atomic E-state index is 0.128. The van der Waals surface area contributed by atoms with E-state index in [9.17, 15) is 14.0 Å². The SMILES string of the molecule is CC(C)OCCCNC(=O)N[C@@H]1CC(=O)N(c2cccc(F)c2)C1. The Balaban J connectivity index is 1.74. The van der Waals surface area contributed by atoms with Gasteiger partial charge < -0.3 is 20.3 Å². The largest absolute Gasteiger partial charge is 0.379 e. The van der Waals surface area contributed by atoms with Gasteiger partial charge in [0.1, 0.15) is 5.82 Å². The van der Waals surface area contributed by atoms with E-state index < -0.39 is 5.82 Å². The maximum Gasteiger partial charge on any atom is 0.315 e. The number of hydrogen-bond acceptors (Lipinski definition) is 3. The molecule has 0 saturated carbocycles. The molecule has 0 radical (unpaired) electrons. The number of nitrogens with zero attached hydrogens (tertiary/aromatic N) is 1. The average molecular weight is 337 g/mol. The van der Waals surface area contributed by atoms with Crippen molar-refractivity contribution in [2.75, 3.05) is 24.6 Å². The summed E-state index contributed by atoms with van der Waals surface area (Å²) in [6, 6.07) is 5.29. The first-order valence-electron chi connectivity index (χ1n) is 8.17. The summed E-state index contributed by atoms with van der Waals surface area (Å²) >= 11 is 0. The van der Waals surface area contributed by atoms with Crippen LogP contribution in [0.1, 0.15) is 26.7 Å². The molecule has 6 nitrogen and oxygen atoms in total. The van der Waals surface area contributed by atoms with Crippen LogP contribution in [0.15, 0.2) is 24.3 Å². The van der Waals surface area contributed by atoms with Crippen LogP contribution < -0.4 is 15.5 Å². The van der Waals surface area contributed by atoms with E-state index in [1.165, 1.54) is 17.0 Å². The number of anilines is 1. The van der Waals surface area contributed by atoms with Crippen molar-refractivity contribution in [1.29, 1.82) is 0 Å². The second kappa shape index (κ2) is 8.63. The molecule has 0 spiro atoms. The first kappa shape index (κ1) is 18.2. The highest BCUT2D eigenvalue weighted by molar-refractivity contribution is 5.96. The van der Waals surface area contributed by atoms with Crippen molar-refractivity contribution < 1.29 is 18.7 Å². The topological polar surface area (TPSA) is 70.7 Å². The predicted molar refractivity (Wildman–Crippen MR) is 89.4 cm³/mol. The smallest absolute Gasteiger partial charge is 0.315 e. The Morgan fingerprint density at radius 2 is 2.25 bits per heavy atom. The summed E-state index contributed by atoms with van der Waals surface area (Å²) in [6.07, 6.45) is 1.11. The van der Waals surface area contributed by atoms with E-state index in [-0.39, 0.29) is 30.5 Å². The molecule has 1 heterocycles. The molecule has 1 aromatic rings. The number of rotatable bonds is 7. The molecule has 1 saturated heterocycles. The van der Waals surface area contributed by atoms with Crippen molar-refractivity contribution in [1.82, 2.24) is 10.6 Å². The lowest BCUT2D eigenvalue weighted by Gasteiger charge is -2.17. The van der Waals surface area contributed by atoms with E-state index in [0.717, 1.165) is 6.42 Å². The Bertz CT molecular complexity index is 580. The molecule has 132 valence electrons. The molecule has 24 heavy (non-hydrogen) atoms. The summed E-state index contributed by atoms with van der Waals surface area (Å²) in [4.78, 5) is 25.4. The number of amides is 3. The van der Waals surface area contributed by atoms with E-state index >= 15 is 0 Å². The third kappa shape index (κ3) is 5.49. The molecular formula is C17H24FN3O3. The monoisotopic (exact) mass is 337 g/mol. The van der Waals surface area contributed by atoms with E-state index in [1.54, 1.807) is 12.1 Å². The Morgan fingerprint density at radius 1 is 1.46 bits per heavy atom. The molecule has 1 fully saturated rings. The number of urea groups is 1. The van der Waals surface area contributed by atoms with Crippen LogP contribution in [0.25, 0.3) is 0 Å². The quantitative estimate of drug-likeness (QED) is 0.748. The first-order chi connectivity index (χ1) is 11.5. The van der Waals surface area contributed by atoms with Gasteiger partial charge in [-0.1, -0.05) is 6.07 Å². The maximum atomic E-state index is 13.3. The lowest BCUT2D eigenvalue weighted by molar-refractivity contribution is -0.117. The summed E-state index contributed by atoms with van der Waals surface area (Å²) in [5.74, 6) is -0.519. The number of halogens is 1. The van der Waals surface area contributed by atoms with E-state index in [0.29, 0.717) is 25.4 Å². The molecule has 0 aliphatic carbocycles. The van der Waals surface area contributed by atoms with Crippen LogP contribution in [0.4, 0.5) is 14.9 Å². The van der Waals surface area contributed by atoms with Crippen molar-refractivity contribution in [3.05, 3.63) is 30.1 Å². The summed E-state index contributed by atoms with van der Waals surface area (Å²) in [7, 11) is 0. The van der Waals surface area contributed by atoms with Gasteiger partial charge in [0.15, 0.2) is 0 Å². The van der Waals surface area contributed by atoms with Crippen molar-refractivity contribution in [3.8, 4) is 0 Å². The van der Waals surface area contributed by atoms with Gasteiger partial charge in [0.25, 0.3) is 0 Å². The Morgan fingerprint density at radius 3 is 2.96 bits per heavy atom. The molecule has 2 rings (SSSR count). The zero-order valence-electron chi connectivity index (χ0n) is 14.0. The third-order valence-electron chi connectivity index (χ3n) is 3.64. The Kier molecular flexibility index (Phi) is 6.54. The van der Waals surface area contributed by atoms with Crippen molar-refractivity contribution >= 4 is 17.6 Å². The number of carbonyl (C=O) groups is 2. The highest BCUT2D eigenvalue weighted by Crippen LogP contribution is 2.22. The summed E-state index contributed by atoms with van der Waals surface area (Å²) in [5, 5.41) is 5.52. The fourth-order valence-corrected chi connectivity index (χ4v) is 2.53. The van der Waals surface area contributed by atoms with Gasteiger partial charge in [0.05, 0.1) is 12.1 Å².